The van der Waals surface area contributed by atoms with Crippen LogP contribution in [0.3, 0.4) is 0 Å². The Morgan fingerprint density at radius 3 is 2.64 bits per heavy atom. The first-order valence-corrected chi connectivity index (χ1v) is 11.3. The highest BCUT2D eigenvalue weighted by Gasteiger charge is 2.29. The summed E-state index contributed by atoms with van der Waals surface area (Å²) < 4.78 is 42.4. The van der Waals surface area contributed by atoms with E-state index in [0.29, 0.717) is 37.6 Å². The third-order valence-corrected chi connectivity index (χ3v) is 7.62. The molecule has 0 unspecified atom stereocenters. The fourth-order valence-corrected chi connectivity index (χ4v) is 5.38. The molecule has 3 heterocycles. The van der Waals surface area contributed by atoms with Crippen molar-refractivity contribution in [2.45, 2.75) is 11.6 Å². The summed E-state index contributed by atoms with van der Waals surface area (Å²) in [5, 5.41) is 5.18. The van der Waals surface area contributed by atoms with Crippen LogP contribution in [0.5, 0.6) is 0 Å². The van der Waals surface area contributed by atoms with Crippen molar-refractivity contribution in [3.63, 3.8) is 0 Å². The van der Waals surface area contributed by atoms with Crippen LogP contribution in [0.25, 0.3) is 10.7 Å². The second-order valence-corrected chi connectivity index (χ2v) is 9.63. The third-order valence-electron chi connectivity index (χ3n) is 4.54. The number of piperazine rings is 1. The van der Waals surface area contributed by atoms with Crippen molar-refractivity contribution >= 4 is 33.6 Å². The number of hydrogen-bond acceptors (Lipinski definition) is 6. The van der Waals surface area contributed by atoms with Gasteiger partial charge in [-0.3, -0.25) is 10.00 Å². The van der Waals surface area contributed by atoms with E-state index < -0.39 is 15.8 Å². The highest BCUT2D eigenvalue weighted by atomic mass is 32.2. The number of nitrogens with zero attached hydrogens (tertiary/aromatic N) is 4. The number of aromatic amines is 1. The average Bonchev–Trinajstić information content (AvgIpc) is 3.33. The molecule has 0 bridgehead atoms. The number of sulfonamides is 1. The van der Waals surface area contributed by atoms with Gasteiger partial charge in [-0.05, 0) is 41.9 Å². The number of halogens is 1. The van der Waals surface area contributed by atoms with Crippen molar-refractivity contribution in [2.24, 2.45) is 0 Å². The van der Waals surface area contributed by atoms with E-state index in [0.717, 1.165) is 16.8 Å². The van der Waals surface area contributed by atoms with Crippen LogP contribution in [-0.2, 0) is 16.7 Å². The lowest BCUT2D eigenvalue weighted by molar-refractivity contribution is 0.145. The third kappa shape index (κ3) is 3.94. The maximum atomic E-state index is 13.4. The second kappa shape index (κ2) is 7.84. The van der Waals surface area contributed by atoms with Crippen LogP contribution in [0.2, 0.25) is 0 Å². The van der Waals surface area contributed by atoms with Crippen LogP contribution in [0.4, 0.5) is 4.39 Å². The first-order valence-electron chi connectivity index (χ1n) is 8.62. The zero-order chi connectivity index (χ0) is 19.7. The van der Waals surface area contributed by atoms with Crippen LogP contribution in [0, 0.1) is 10.6 Å². The number of aromatic nitrogens is 3. The molecule has 0 saturated carbocycles. The highest BCUT2D eigenvalue weighted by molar-refractivity contribution is 7.89. The Labute approximate surface area is 171 Å². The molecule has 1 aliphatic heterocycles. The fourth-order valence-electron chi connectivity index (χ4n) is 3.06. The first-order chi connectivity index (χ1) is 13.4. The SMILES string of the molecule is O=S(=O)(c1cccc(F)c1)N1CCN(Cn2[nH]c(-c3cccs3)nc2=S)CC1. The molecule has 0 amide bonds. The van der Waals surface area contributed by atoms with E-state index >= 15 is 0 Å². The number of hydrogen-bond donors (Lipinski definition) is 1. The minimum Gasteiger partial charge on any atom is -0.282 e. The van der Waals surface area contributed by atoms with Gasteiger partial charge < -0.3 is 0 Å². The van der Waals surface area contributed by atoms with Gasteiger partial charge in [0.1, 0.15) is 5.82 Å². The molecular weight excluding hydrogens is 421 g/mol. The van der Waals surface area contributed by atoms with E-state index in [4.69, 9.17) is 12.2 Å². The largest absolute Gasteiger partial charge is 0.282 e. The highest BCUT2D eigenvalue weighted by Crippen LogP contribution is 2.21. The van der Waals surface area contributed by atoms with Crippen LogP contribution in [0.15, 0.2) is 46.7 Å². The predicted molar refractivity (Wildman–Crippen MR) is 107 cm³/mol. The van der Waals surface area contributed by atoms with Crippen molar-refractivity contribution in [2.75, 3.05) is 26.2 Å². The van der Waals surface area contributed by atoms with E-state index in [9.17, 15) is 12.8 Å². The van der Waals surface area contributed by atoms with Gasteiger partial charge in [-0.2, -0.15) is 9.29 Å². The van der Waals surface area contributed by atoms with Crippen molar-refractivity contribution in [3.05, 3.63) is 52.4 Å². The summed E-state index contributed by atoms with van der Waals surface area (Å²) in [4.78, 5) is 7.48. The Morgan fingerprint density at radius 2 is 1.96 bits per heavy atom. The quantitative estimate of drug-likeness (QED) is 0.619. The summed E-state index contributed by atoms with van der Waals surface area (Å²) in [6.45, 7) is 2.26. The van der Waals surface area contributed by atoms with Crippen LogP contribution >= 0.6 is 23.6 Å². The second-order valence-electron chi connectivity index (χ2n) is 6.38. The van der Waals surface area contributed by atoms with Gasteiger partial charge in [0.15, 0.2) is 5.82 Å². The lowest BCUT2D eigenvalue weighted by Crippen LogP contribution is -2.48. The molecule has 1 aliphatic rings. The standard InChI is InChI=1S/C17H18FN5O2S3/c18-13-3-1-4-14(11-13)28(24,25)22-8-6-21(7-9-22)12-23-17(26)19-16(20-23)15-5-2-10-27-15/h1-5,10-11H,6-9,12H2,(H,19,20,26). The normalized spacial score (nSPS) is 16.5. The van der Waals surface area contributed by atoms with Gasteiger partial charge in [-0.15, -0.1) is 11.3 Å². The molecule has 0 spiro atoms. The Hall–Kier alpha value is -1.92. The number of benzene rings is 1. The molecule has 1 N–H and O–H groups in total. The Morgan fingerprint density at radius 1 is 1.18 bits per heavy atom. The molecule has 148 valence electrons. The summed E-state index contributed by atoms with van der Waals surface area (Å²) >= 11 is 6.91. The summed E-state index contributed by atoms with van der Waals surface area (Å²) in [7, 11) is -3.69. The molecule has 0 radical (unpaired) electrons. The Bertz CT molecular complexity index is 1120. The molecule has 0 aliphatic carbocycles. The number of thiophene rings is 1. The van der Waals surface area contributed by atoms with Crippen LogP contribution < -0.4 is 0 Å². The van der Waals surface area contributed by atoms with E-state index in [1.54, 1.807) is 16.0 Å². The van der Waals surface area contributed by atoms with Gasteiger partial charge in [0.05, 0.1) is 16.4 Å². The first kappa shape index (κ1) is 19.4. The maximum Gasteiger partial charge on any atom is 0.243 e. The molecule has 3 aromatic rings. The van der Waals surface area contributed by atoms with Gasteiger partial charge in [0, 0.05) is 26.2 Å². The molecule has 4 rings (SSSR count). The van der Waals surface area contributed by atoms with Gasteiger partial charge >= 0.3 is 0 Å². The molecule has 2 aromatic heterocycles. The van der Waals surface area contributed by atoms with E-state index in [1.165, 1.54) is 22.5 Å². The van der Waals surface area contributed by atoms with Crippen molar-refractivity contribution in [3.8, 4) is 10.7 Å². The van der Waals surface area contributed by atoms with Crippen LogP contribution in [0.1, 0.15) is 0 Å². The number of H-pyrrole nitrogens is 1. The average molecular weight is 440 g/mol. The minimum atomic E-state index is -3.69. The number of nitrogens with one attached hydrogen (secondary N) is 1. The summed E-state index contributed by atoms with van der Waals surface area (Å²) in [5.41, 5.74) is 0. The zero-order valence-electron chi connectivity index (χ0n) is 14.8. The van der Waals surface area contributed by atoms with E-state index in [-0.39, 0.29) is 4.90 Å². The molecule has 0 atom stereocenters. The molecule has 1 aromatic carbocycles. The lowest BCUT2D eigenvalue weighted by atomic mass is 10.4. The van der Waals surface area contributed by atoms with Crippen molar-refractivity contribution in [1.29, 1.82) is 0 Å². The molecule has 1 saturated heterocycles. The Balaban J connectivity index is 1.42. The molecule has 7 nitrogen and oxygen atoms in total. The lowest BCUT2D eigenvalue weighted by Gasteiger charge is -2.33. The topological polar surface area (TPSA) is 74.2 Å². The minimum absolute atomic E-state index is 0.0164. The Kier molecular flexibility index (Phi) is 5.43. The van der Waals surface area contributed by atoms with Gasteiger partial charge in [-0.25, -0.2) is 17.5 Å². The molecular formula is C17H18FN5O2S3. The van der Waals surface area contributed by atoms with Gasteiger partial charge in [-0.1, -0.05) is 12.1 Å². The summed E-state index contributed by atoms with van der Waals surface area (Å²) in [6.07, 6.45) is 0. The molecule has 1 fully saturated rings. The summed E-state index contributed by atoms with van der Waals surface area (Å²) in [5.74, 6) is 0.169. The van der Waals surface area contributed by atoms with Gasteiger partial charge in [0.2, 0.25) is 14.8 Å². The van der Waals surface area contributed by atoms with Crippen LogP contribution in [-0.4, -0.2) is 58.6 Å². The van der Waals surface area contributed by atoms with E-state index in [2.05, 4.69) is 15.0 Å². The maximum absolute atomic E-state index is 13.4. The van der Waals surface area contributed by atoms with E-state index in [1.807, 2.05) is 17.5 Å². The van der Waals surface area contributed by atoms with Crippen molar-refractivity contribution < 1.29 is 12.8 Å². The smallest absolute Gasteiger partial charge is 0.243 e. The fraction of sp³-hybridized carbons (Fsp3) is 0.294. The molecule has 11 heteroatoms. The number of rotatable bonds is 5. The summed E-state index contributed by atoms with van der Waals surface area (Å²) in [6, 6.07) is 9.03. The molecule has 28 heavy (non-hydrogen) atoms. The zero-order valence-corrected chi connectivity index (χ0v) is 17.2. The van der Waals surface area contributed by atoms with Crippen molar-refractivity contribution in [1.82, 2.24) is 24.0 Å². The predicted octanol–water partition coefficient (Wildman–Crippen LogP) is 2.77. The monoisotopic (exact) mass is 439 g/mol. The van der Waals surface area contributed by atoms with Gasteiger partial charge in [0.25, 0.3) is 0 Å².